The molecule has 0 aromatic heterocycles. The van der Waals surface area contributed by atoms with Gasteiger partial charge in [-0.15, -0.1) is 0 Å². The summed E-state index contributed by atoms with van der Waals surface area (Å²) in [5, 5.41) is 0. The Labute approximate surface area is 134 Å². The Morgan fingerprint density at radius 1 is 0.529 bits per heavy atom. The zero-order chi connectivity index (χ0) is 13.2. The van der Waals surface area contributed by atoms with Crippen LogP contribution in [0.15, 0.2) is 0 Å². The monoisotopic (exact) mass is 318 g/mol. The molecule has 0 aromatic rings. The van der Waals surface area contributed by atoms with Crippen molar-refractivity contribution in [2.75, 3.05) is 0 Å². The van der Waals surface area contributed by atoms with Gasteiger partial charge in [-0.05, 0) is 58.9 Å². The Morgan fingerprint density at radius 2 is 0.706 bits per heavy atom. The van der Waals surface area contributed by atoms with Crippen LogP contribution < -0.4 is 0 Å². The quantitative estimate of drug-likeness (QED) is 0.704. The summed E-state index contributed by atoms with van der Waals surface area (Å²) in [6, 6.07) is 0. The first-order valence-corrected chi connectivity index (χ1v) is 17.2. The summed E-state index contributed by atoms with van der Waals surface area (Å²) in [6.45, 7) is 19.6. The Hall–Kier alpha value is 1.75. The molecule has 0 unspecified atom stereocenters. The molecule has 0 heterocycles. The summed E-state index contributed by atoms with van der Waals surface area (Å²) in [5.41, 5.74) is 0. The molecular formula is C9H27NaO3Si4. The molecule has 0 atom stereocenters. The minimum Gasteiger partial charge on any atom is -0.415 e. The second-order valence-electron chi connectivity index (χ2n) is 6.89. The number of hydrogen-bond donors (Lipinski definition) is 0. The Balaban J connectivity index is 0. The van der Waals surface area contributed by atoms with Gasteiger partial charge in [-0.1, -0.05) is 0 Å². The van der Waals surface area contributed by atoms with Gasteiger partial charge in [0.1, 0.15) is 0 Å². The van der Waals surface area contributed by atoms with Crippen molar-refractivity contribution in [3.05, 3.63) is 0 Å². The Morgan fingerprint density at radius 3 is 0.824 bits per heavy atom. The van der Waals surface area contributed by atoms with Crippen LogP contribution in [0.1, 0.15) is 0 Å². The Bertz CT molecular complexity index is 182. The molecule has 0 amide bonds. The summed E-state index contributed by atoms with van der Waals surface area (Å²) in [5.74, 6) is 0. The summed E-state index contributed by atoms with van der Waals surface area (Å²) < 4.78 is 18.2. The zero-order valence-electron chi connectivity index (χ0n) is 13.2. The molecule has 0 rings (SSSR count). The molecular weight excluding hydrogens is 291 g/mol. The van der Waals surface area contributed by atoms with Gasteiger partial charge in [0.2, 0.25) is 0 Å². The first-order chi connectivity index (χ1) is 6.79. The van der Waals surface area contributed by atoms with Crippen molar-refractivity contribution in [3.63, 3.8) is 0 Å². The molecule has 3 nitrogen and oxygen atoms in total. The normalized spacial score (nSPS) is 13.8. The third kappa shape index (κ3) is 15.7. The van der Waals surface area contributed by atoms with Gasteiger partial charge in [0.25, 0.3) is 0 Å². The van der Waals surface area contributed by atoms with Crippen molar-refractivity contribution < 1.29 is 12.3 Å². The molecule has 0 aliphatic heterocycles. The maximum Gasteiger partial charge on any atom is 0.544 e. The van der Waals surface area contributed by atoms with E-state index < -0.39 is 34.5 Å². The van der Waals surface area contributed by atoms with Crippen LogP contribution >= 0.6 is 0 Å². The molecule has 0 bridgehead atoms. The van der Waals surface area contributed by atoms with Crippen LogP contribution in [0.3, 0.4) is 0 Å². The molecule has 98 valence electrons. The van der Waals surface area contributed by atoms with E-state index >= 15 is 0 Å². The fourth-order valence-electron chi connectivity index (χ4n) is 0.812. The minimum absolute atomic E-state index is 0. The van der Waals surface area contributed by atoms with Crippen LogP contribution in [0.5, 0.6) is 0 Å². The predicted octanol–water partition coefficient (Wildman–Crippen LogP) is 3.15. The van der Waals surface area contributed by atoms with Gasteiger partial charge in [-0.25, -0.2) is 0 Å². The molecule has 2 radical (unpaired) electrons. The van der Waals surface area contributed by atoms with Crippen molar-refractivity contribution in [1.82, 2.24) is 0 Å². The molecule has 8 heteroatoms. The summed E-state index contributed by atoms with van der Waals surface area (Å²) in [6.07, 6.45) is 0. The molecule has 17 heavy (non-hydrogen) atoms. The molecule has 0 aliphatic carbocycles. The van der Waals surface area contributed by atoms with Crippen LogP contribution in [0, 0.1) is 0 Å². The number of hydrogen-bond acceptors (Lipinski definition) is 3. The maximum atomic E-state index is 6.06. The predicted molar refractivity (Wildman–Crippen MR) is 84.8 cm³/mol. The first kappa shape index (κ1) is 21.1. The van der Waals surface area contributed by atoms with E-state index in [4.69, 9.17) is 12.3 Å². The van der Waals surface area contributed by atoms with Gasteiger partial charge in [-0.2, -0.15) is 0 Å². The Kier molecular flexibility index (Phi) is 9.30. The van der Waals surface area contributed by atoms with Crippen LogP contribution in [-0.4, -0.2) is 64.0 Å². The number of rotatable bonds is 6. The van der Waals surface area contributed by atoms with Gasteiger partial charge in [0, 0.05) is 29.6 Å². The van der Waals surface area contributed by atoms with Gasteiger partial charge < -0.3 is 12.3 Å². The van der Waals surface area contributed by atoms with Gasteiger partial charge in [0.05, 0.1) is 0 Å². The van der Waals surface area contributed by atoms with Crippen molar-refractivity contribution in [2.24, 2.45) is 0 Å². The summed E-state index contributed by atoms with van der Waals surface area (Å²) >= 11 is 0. The largest absolute Gasteiger partial charge is 0.544 e. The fourth-order valence-corrected chi connectivity index (χ4v) is 8.44. The smallest absolute Gasteiger partial charge is 0.415 e. The molecule has 0 aromatic carbocycles. The van der Waals surface area contributed by atoms with Crippen LogP contribution in [-0.2, 0) is 12.3 Å². The van der Waals surface area contributed by atoms with Gasteiger partial charge >= 0.3 is 9.53 Å². The standard InChI is InChI=1S/C9H27O3Si4.Na/c1-14(2,3)10-13(11-15(4,5)6)12-16(7,8)9;/h1-9H3;. The van der Waals surface area contributed by atoms with E-state index in [2.05, 4.69) is 58.9 Å². The molecule has 0 aliphatic rings. The van der Waals surface area contributed by atoms with E-state index in [1.54, 1.807) is 0 Å². The topological polar surface area (TPSA) is 27.7 Å². The van der Waals surface area contributed by atoms with E-state index in [0.717, 1.165) is 0 Å². The van der Waals surface area contributed by atoms with E-state index in [0.29, 0.717) is 0 Å². The summed E-state index contributed by atoms with van der Waals surface area (Å²) in [7, 11) is -6.27. The average molecular weight is 319 g/mol. The van der Waals surface area contributed by atoms with Gasteiger partial charge in [-0.3, -0.25) is 0 Å². The SMILES string of the molecule is C[Si](C)(C)O[Si](O[Si](C)(C)C)O[Si](C)(C)C.[Na]. The van der Waals surface area contributed by atoms with Gasteiger partial charge in [0.15, 0.2) is 25.0 Å². The third-order valence-corrected chi connectivity index (χ3v) is 10.5. The molecule has 0 fully saturated rings. The molecule has 0 N–H and O–H groups in total. The molecule has 0 spiro atoms. The second kappa shape index (κ2) is 7.51. The average Bonchev–Trinajstić information content (AvgIpc) is 1.70. The minimum atomic E-state index is -1.58. The first-order valence-electron chi connectivity index (χ1n) is 5.72. The van der Waals surface area contributed by atoms with E-state index in [-0.39, 0.29) is 29.6 Å². The van der Waals surface area contributed by atoms with Crippen LogP contribution in [0.2, 0.25) is 58.9 Å². The van der Waals surface area contributed by atoms with E-state index in [9.17, 15) is 0 Å². The fraction of sp³-hybridized carbons (Fsp3) is 1.00. The maximum absolute atomic E-state index is 6.06. The zero-order valence-corrected chi connectivity index (χ0v) is 19.2. The van der Waals surface area contributed by atoms with Crippen molar-refractivity contribution >= 4 is 64.0 Å². The van der Waals surface area contributed by atoms with E-state index in [1.165, 1.54) is 0 Å². The van der Waals surface area contributed by atoms with Crippen molar-refractivity contribution in [2.45, 2.75) is 58.9 Å². The third-order valence-electron chi connectivity index (χ3n) is 1.17. The van der Waals surface area contributed by atoms with Crippen molar-refractivity contribution in [3.8, 4) is 0 Å². The van der Waals surface area contributed by atoms with Crippen LogP contribution in [0.4, 0.5) is 0 Å². The molecule has 0 saturated heterocycles. The molecule has 0 saturated carbocycles. The summed E-state index contributed by atoms with van der Waals surface area (Å²) in [4.78, 5) is 0. The second-order valence-corrected chi connectivity index (χ2v) is 22.5. The van der Waals surface area contributed by atoms with E-state index in [1.807, 2.05) is 0 Å². The van der Waals surface area contributed by atoms with Crippen LogP contribution in [0.25, 0.3) is 0 Å². The van der Waals surface area contributed by atoms with Crippen molar-refractivity contribution in [1.29, 1.82) is 0 Å².